The largest absolute Gasteiger partial charge is 0.377 e. The van der Waals surface area contributed by atoms with Gasteiger partial charge in [-0.3, -0.25) is 4.90 Å². The summed E-state index contributed by atoms with van der Waals surface area (Å²) in [6.07, 6.45) is 3.04. The van der Waals surface area contributed by atoms with Gasteiger partial charge in [0.1, 0.15) is 0 Å². The summed E-state index contributed by atoms with van der Waals surface area (Å²) in [5.41, 5.74) is 0. The van der Waals surface area contributed by atoms with Crippen LogP contribution >= 0.6 is 11.6 Å². The molecule has 1 saturated carbocycles. The summed E-state index contributed by atoms with van der Waals surface area (Å²) in [4.78, 5) is 2.44. The van der Waals surface area contributed by atoms with E-state index in [9.17, 15) is 0 Å². The van der Waals surface area contributed by atoms with Crippen molar-refractivity contribution in [2.45, 2.75) is 38.8 Å². The van der Waals surface area contributed by atoms with Gasteiger partial charge >= 0.3 is 0 Å². The Morgan fingerprint density at radius 2 is 2.08 bits per heavy atom. The summed E-state index contributed by atoms with van der Waals surface area (Å²) in [5.74, 6) is 0.734. The fraction of sp³-hybridized carbons (Fsp3) is 1.00. The predicted molar refractivity (Wildman–Crippen MR) is 56.4 cm³/mol. The van der Waals surface area contributed by atoms with Crippen molar-refractivity contribution in [2.24, 2.45) is 0 Å². The summed E-state index contributed by atoms with van der Waals surface area (Å²) < 4.78 is 5.51. The molecular formula is C10H20ClNO. The molecule has 1 aliphatic rings. The predicted octanol–water partition coefficient (Wildman–Crippen LogP) is 2.11. The topological polar surface area (TPSA) is 12.5 Å². The third-order valence-corrected chi connectivity index (χ3v) is 2.43. The molecule has 0 aromatic carbocycles. The van der Waals surface area contributed by atoms with Gasteiger partial charge < -0.3 is 4.74 Å². The molecule has 0 aromatic rings. The molecule has 0 spiro atoms. The van der Waals surface area contributed by atoms with Crippen LogP contribution in [0.4, 0.5) is 0 Å². The number of hydrogen-bond acceptors (Lipinski definition) is 2. The van der Waals surface area contributed by atoms with Crippen LogP contribution in [0.5, 0.6) is 0 Å². The maximum atomic E-state index is 5.73. The van der Waals surface area contributed by atoms with Gasteiger partial charge in [-0.15, -0.1) is 11.6 Å². The molecule has 1 fully saturated rings. The summed E-state index contributed by atoms with van der Waals surface area (Å²) in [5, 5.41) is 0. The monoisotopic (exact) mass is 205 g/mol. The third-order valence-electron chi connectivity index (χ3n) is 2.26. The first kappa shape index (κ1) is 11.3. The molecule has 0 aromatic heterocycles. The first-order valence-corrected chi connectivity index (χ1v) is 5.69. The summed E-state index contributed by atoms with van der Waals surface area (Å²) in [6.45, 7) is 7.03. The van der Waals surface area contributed by atoms with Crippen LogP contribution in [0, 0.1) is 0 Å². The summed E-state index contributed by atoms with van der Waals surface area (Å²) in [6, 6.07) is 0.800. The number of rotatable bonds is 7. The first-order valence-electron chi connectivity index (χ1n) is 5.15. The van der Waals surface area contributed by atoms with E-state index in [1.165, 1.54) is 12.8 Å². The normalized spacial score (nSPS) is 17.3. The first-order chi connectivity index (χ1) is 6.24. The van der Waals surface area contributed by atoms with Crippen molar-refractivity contribution in [3.63, 3.8) is 0 Å². The van der Waals surface area contributed by atoms with Crippen molar-refractivity contribution >= 4 is 11.6 Å². The molecule has 2 nitrogen and oxygen atoms in total. The highest BCUT2D eigenvalue weighted by atomic mass is 35.5. The molecular weight excluding hydrogens is 186 g/mol. The molecule has 78 valence electrons. The van der Waals surface area contributed by atoms with E-state index in [4.69, 9.17) is 16.3 Å². The Kier molecular flexibility index (Phi) is 5.07. The van der Waals surface area contributed by atoms with Crippen LogP contribution < -0.4 is 0 Å². The zero-order valence-electron chi connectivity index (χ0n) is 8.63. The molecule has 0 radical (unpaired) electrons. The van der Waals surface area contributed by atoms with E-state index in [-0.39, 0.29) is 0 Å². The van der Waals surface area contributed by atoms with Crippen molar-refractivity contribution in [1.29, 1.82) is 0 Å². The number of alkyl halides is 1. The lowest BCUT2D eigenvalue weighted by Crippen LogP contribution is -2.32. The Hall–Kier alpha value is 0.210. The summed E-state index contributed by atoms with van der Waals surface area (Å²) >= 11 is 5.73. The molecule has 0 heterocycles. The maximum Gasteiger partial charge on any atom is 0.0597 e. The molecule has 0 saturated heterocycles. The molecule has 3 heteroatoms. The van der Waals surface area contributed by atoms with Crippen molar-refractivity contribution in [2.75, 3.05) is 25.6 Å². The number of nitrogens with zero attached hydrogens (tertiary/aromatic N) is 1. The Bertz CT molecular complexity index is 137. The maximum absolute atomic E-state index is 5.73. The van der Waals surface area contributed by atoms with Crippen LogP contribution in [-0.4, -0.2) is 42.6 Å². The Morgan fingerprint density at radius 3 is 2.54 bits per heavy atom. The highest BCUT2D eigenvalue weighted by molar-refractivity contribution is 6.18. The molecule has 0 amide bonds. The zero-order chi connectivity index (χ0) is 9.68. The zero-order valence-corrected chi connectivity index (χ0v) is 9.39. The molecule has 0 N–H and O–H groups in total. The second kappa shape index (κ2) is 5.84. The van der Waals surface area contributed by atoms with Gasteiger partial charge in [-0.05, 0) is 26.7 Å². The van der Waals surface area contributed by atoms with Crippen LogP contribution in [0.15, 0.2) is 0 Å². The minimum Gasteiger partial charge on any atom is -0.377 e. The lowest BCUT2D eigenvalue weighted by Gasteiger charge is -2.21. The second-order valence-electron chi connectivity index (χ2n) is 3.88. The van der Waals surface area contributed by atoms with Crippen LogP contribution in [0.25, 0.3) is 0 Å². The van der Waals surface area contributed by atoms with Gasteiger partial charge in [0.05, 0.1) is 12.7 Å². The van der Waals surface area contributed by atoms with Gasteiger partial charge in [-0.2, -0.15) is 0 Å². The molecule has 0 bridgehead atoms. The van der Waals surface area contributed by atoms with Gasteiger partial charge in [0.2, 0.25) is 0 Å². The molecule has 1 rings (SSSR count). The highest BCUT2D eigenvalue weighted by Crippen LogP contribution is 2.26. The van der Waals surface area contributed by atoms with E-state index in [0.29, 0.717) is 6.10 Å². The van der Waals surface area contributed by atoms with E-state index < -0.39 is 0 Å². The Morgan fingerprint density at radius 1 is 1.38 bits per heavy atom. The summed E-state index contributed by atoms with van der Waals surface area (Å²) in [7, 11) is 0. The van der Waals surface area contributed by atoms with Gasteiger partial charge in [0.25, 0.3) is 0 Å². The fourth-order valence-electron chi connectivity index (χ4n) is 1.43. The standard InChI is InChI=1S/C10H20ClNO/c1-9(2)13-8-7-12(6-5-11)10-3-4-10/h9-10H,3-8H2,1-2H3. The van der Waals surface area contributed by atoms with Crippen molar-refractivity contribution < 1.29 is 4.74 Å². The van der Waals surface area contributed by atoms with E-state index in [2.05, 4.69) is 18.7 Å². The van der Waals surface area contributed by atoms with Gasteiger partial charge in [-0.1, -0.05) is 0 Å². The van der Waals surface area contributed by atoms with E-state index in [0.717, 1.165) is 31.6 Å². The van der Waals surface area contributed by atoms with Crippen molar-refractivity contribution in [3.05, 3.63) is 0 Å². The van der Waals surface area contributed by atoms with Crippen LogP contribution in [0.2, 0.25) is 0 Å². The van der Waals surface area contributed by atoms with Crippen LogP contribution in [0.3, 0.4) is 0 Å². The second-order valence-corrected chi connectivity index (χ2v) is 4.25. The van der Waals surface area contributed by atoms with Crippen molar-refractivity contribution in [3.8, 4) is 0 Å². The average molecular weight is 206 g/mol. The number of ether oxygens (including phenoxy) is 1. The lowest BCUT2D eigenvalue weighted by molar-refractivity contribution is 0.0586. The molecule has 1 aliphatic carbocycles. The minimum atomic E-state index is 0.344. The van der Waals surface area contributed by atoms with Crippen LogP contribution in [0.1, 0.15) is 26.7 Å². The quantitative estimate of drug-likeness (QED) is 0.591. The molecule has 13 heavy (non-hydrogen) atoms. The fourth-order valence-corrected chi connectivity index (χ4v) is 1.65. The SMILES string of the molecule is CC(C)OCCN(CCCl)C1CC1. The molecule has 0 atom stereocenters. The number of hydrogen-bond donors (Lipinski definition) is 0. The number of halogens is 1. The van der Waals surface area contributed by atoms with E-state index in [1.54, 1.807) is 0 Å². The minimum absolute atomic E-state index is 0.344. The van der Waals surface area contributed by atoms with E-state index >= 15 is 0 Å². The highest BCUT2D eigenvalue weighted by Gasteiger charge is 2.27. The Labute approximate surface area is 86.2 Å². The lowest BCUT2D eigenvalue weighted by atomic mass is 10.4. The van der Waals surface area contributed by atoms with Gasteiger partial charge in [-0.25, -0.2) is 0 Å². The smallest absolute Gasteiger partial charge is 0.0597 e. The molecule has 0 unspecified atom stereocenters. The average Bonchev–Trinajstić information content (AvgIpc) is 2.84. The Balaban J connectivity index is 2.07. The van der Waals surface area contributed by atoms with Crippen LogP contribution in [-0.2, 0) is 4.74 Å². The molecule has 0 aliphatic heterocycles. The van der Waals surface area contributed by atoms with Crippen molar-refractivity contribution in [1.82, 2.24) is 4.90 Å². The van der Waals surface area contributed by atoms with E-state index in [1.807, 2.05) is 0 Å². The van der Waals surface area contributed by atoms with Gasteiger partial charge in [0.15, 0.2) is 0 Å². The van der Waals surface area contributed by atoms with Gasteiger partial charge in [0, 0.05) is 25.0 Å². The third kappa shape index (κ3) is 4.84.